The number of pyridine rings is 2. The first-order valence-corrected chi connectivity index (χ1v) is 14.5. The second-order valence-corrected chi connectivity index (χ2v) is 11.1. The van der Waals surface area contributed by atoms with E-state index in [2.05, 4.69) is 135 Å². The van der Waals surface area contributed by atoms with Crippen LogP contribution in [0.15, 0.2) is 140 Å². The summed E-state index contributed by atoms with van der Waals surface area (Å²) in [6.07, 6.45) is 5.82. The summed E-state index contributed by atoms with van der Waals surface area (Å²) in [7, 11) is 0. The Morgan fingerprint density at radius 2 is 1.07 bits per heavy atom. The number of hydrogen-bond acceptors (Lipinski definition) is 2. The van der Waals surface area contributed by atoms with Crippen molar-refractivity contribution < 1.29 is 0 Å². The van der Waals surface area contributed by atoms with Gasteiger partial charge in [0.15, 0.2) is 0 Å². The van der Waals surface area contributed by atoms with Crippen LogP contribution in [0.5, 0.6) is 0 Å². The maximum Gasteiger partial charge on any atom is 0.146 e. The van der Waals surface area contributed by atoms with E-state index in [1.807, 2.05) is 18.5 Å². The van der Waals surface area contributed by atoms with Crippen LogP contribution in [0.25, 0.3) is 82.4 Å². The van der Waals surface area contributed by atoms with Crippen LogP contribution < -0.4 is 0 Å². The van der Waals surface area contributed by atoms with Gasteiger partial charge in [0.2, 0.25) is 0 Å². The zero-order valence-corrected chi connectivity index (χ0v) is 23.0. The molecule has 0 bridgehead atoms. The second kappa shape index (κ2) is 8.30. The van der Waals surface area contributed by atoms with Crippen molar-refractivity contribution in [2.24, 2.45) is 0 Å². The molecular formula is C38H23N5. The van der Waals surface area contributed by atoms with Gasteiger partial charge < -0.3 is 9.13 Å². The van der Waals surface area contributed by atoms with Crippen LogP contribution in [0.2, 0.25) is 0 Å². The summed E-state index contributed by atoms with van der Waals surface area (Å²) >= 11 is 0. The summed E-state index contributed by atoms with van der Waals surface area (Å²) in [5.74, 6) is 0. The Bertz CT molecular complexity index is 2710. The number of imidazole rings is 1. The monoisotopic (exact) mass is 549 g/mol. The fraction of sp³-hybridized carbons (Fsp3) is 0. The first-order valence-electron chi connectivity index (χ1n) is 14.5. The summed E-state index contributed by atoms with van der Waals surface area (Å²) in [6.45, 7) is 0. The highest BCUT2D eigenvalue weighted by Gasteiger charge is 2.24. The number of benzene rings is 5. The minimum atomic E-state index is 0.924. The lowest BCUT2D eigenvalue weighted by Gasteiger charge is -2.12. The van der Waals surface area contributed by atoms with Crippen molar-refractivity contribution in [1.82, 2.24) is 23.5 Å². The van der Waals surface area contributed by atoms with E-state index in [-0.39, 0.29) is 0 Å². The standard InChI is InChI=1S/C38H23N5/c1-3-10-24(11-4-1)42-30-16-8-7-14-26(30)27-17-18-28-33-32(43(37(28)36(27)42)25-12-5-2-6-13-25)20-19-31-34(33)35-29(15-9-21-39-35)38-40-22-23-41(31)38/h1-23H. The van der Waals surface area contributed by atoms with Gasteiger partial charge in [0.1, 0.15) is 5.65 Å². The van der Waals surface area contributed by atoms with Crippen LogP contribution in [-0.4, -0.2) is 23.5 Å². The molecule has 0 aliphatic heterocycles. The Morgan fingerprint density at radius 1 is 0.419 bits per heavy atom. The number of hydrogen-bond donors (Lipinski definition) is 0. The second-order valence-electron chi connectivity index (χ2n) is 11.1. The Labute approximate surface area is 245 Å². The van der Waals surface area contributed by atoms with Crippen molar-refractivity contribution in [3.05, 3.63) is 140 Å². The lowest BCUT2D eigenvalue weighted by molar-refractivity contribution is 1.15. The zero-order valence-electron chi connectivity index (χ0n) is 23.0. The molecule has 5 heterocycles. The first-order chi connectivity index (χ1) is 21.4. The summed E-state index contributed by atoms with van der Waals surface area (Å²) in [4.78, 5) is 9.69. The first kappa shape index (κ1) is 22.7. The number of aromatic nitrogens is 5. The van der Waals surface area contributed by atoms with Gasteiger partial charge in [-0.2, -0.15) is 0 Å². The van der Waals surface area contributed by atoms with Crippen LogP contribution in [0, 0.1) is 0 Å². The maximum atomic E-state index is 4.97. The summed E-state index contributed by atoms with van der Waals surface area (Å²) in [6, 6.07) is 43.4. The SMILES string of the molecule is c1ccc(-n2c3ccccc3c3ccc4c5c6c7ncccc7c7nccn7c6ccc5n(-c5ccccc5)c4c32)cc1. The number of fused-ring (bicyclic) bond motifs is 14. The van der Waals surface area contributed by atoms with Crippen molar-refractivity contribution >= 4 is 71.1 Å². The van der Waals surface area contributed by atoms with Crippen molar-refractivity contribution in [3.8, 4) is 11.4 Å². The van der Waals surface area contributed by atoms with E-state index in [0.29, 0.717) is 0 Å². The van der Waals surface area contributed by atoms with E-state index in [0.717, 1.165) is 44.3 Å². The van der Waals surface area contributed by atoms with E-state index in [4.69, 9.17) is 9.97 Å². The minimum Gasteiger partial charge on any atom is -0.307 e. The smallest absolute Gasteiger partial charge is 0.146 e. The third-order valence-corrected chi connectivity index (χ3v) is 8.92. The molecule has 0 aliphatic carbocycles. The van der Waals surface area contributed by atoms with Crippen molar-refractivity contribution in [3.63, 3.8) is 0 Å². The molecule has 0 fully saturated rings. The molecule has 0 unspecified atom stereocenters. The predicted molar refractivity (Wildman–Crippen MR) is 177 cm³/mol. The van der Waals surface area contributed by atoms with Gasteiger partial charge >= 0.3 is 0 Å². The van der Waals surface area contributed by atoms with Gasteiger partial charge in [-0.1, -0.05) is 66.7 Å². The number of para-hydroxylation sites is 3. The molecular weight excluding hydrogens is 526 g/mol. The molecule has 5 nitrogen and oxygen atoms in total. The number of rotatable bonds is 2. The Kier molecular flexibility index (Phi) is 4.39. The maximum absolute atomic E-state index is 4.97. The van der Waals surface area contributed by atoms with Gasteiger partial charge in [-0.3, -0.25) is 9.38 Å². The molecule has 10 rings (SSSR count). The minimum absolute atomic E-state index is 0.924. The summed E-state index contributed by atoms with van der Waals surface area (Å²) in [5.41, 5.74) is 9.98. The highest BCUT2D eigenvalue weighted by molar-refractivity contribution is 6.32. The van der Waals surface area contributed by atoms with E-state index < -0.39 is 0 Å². The van der Waals surface area contributed by atoms with Crippen LogP contribution in [0.3, 0.4) is 0 Å². The molecule has 0 amide bonds. The molecule has 0 saturated carbocycles. The van der Waals surface area contributed by atoms with Crippen molar-refractivity contribution in [2.45, 2.75) is 0 Å². The van der Waals surface area contributed by atoms with E-state index >= 15 is 0 Å². The highest BCUT2D eigenvalue weighted by Crippen LogP contribution is 2.44. The molecule has 200 valence electrons. The third kappa shape index (κ3) is 2.90. The molecule has 5 aromatic carbocycles. The van der Waals surface area contributed by atoms with Gasteiger partial charge in [-0.15, -0.1) is 0 Å². The fourth-order valence-corrected chi connectivity index (χ4v) is 7.24. The topological polar surface area (TPSA) is 40.1 Å². The Balaban J connectivity index is 1.54. The van der Waals surface area contributed by atoms with Crippen LogP contribution in [0.1, 0.15) is 0 Å². The molecule has 5 aromatic heterocycles. The van der Waals surface area contributed by atoms with Gasteiger partial charge in [-0.05, 0) is 54.6 Å². The molecule has 0 N–H and O–H groups in total. The largest absolute Gasteiger partial charge is 0.307 e. The summed E-state index contributed by atoms with van der Waals surface area (Å²) < 4.78 is 7.07. The van der Waals surface area contributed by atoms with Crippen LogP contribution in [-0.2, 0) is 0 Å². The molecule has 43 heavy (non-hydrogen) atoms. The van der Waals surface area contributed by atoms with Crippen molar-refractivity contribution in [1.29, 1.82) is 0 Å². The van der Waals surface area contributed by atoms with Gasteiger partial charge in [-0.25, -0.2) is 4.98 Å². The quantitative estimate of drug-likeness (QED) is 0.202. The Morgan fingerprint density at radius 3 is 1.88 bits per heavy atom. The highest BCUT2D eigenvalue weighted by atomic mass is 15.0. The Hall–Kier alpha value is -5.94. The van der Waals surface area contributed by atoms with Crippen LogP contribution >= 0.6 is 0 Å². The molecule has 5 heteroatoms. The lowest BCUT2D eigenvalue weighted by Crippen LogP contribution is -1.98. The molecule has 0 atom stereocenters. The van der Waals surface area contributed by atoms with Crippen LogP contribution in [0.4, 0.5) is 0 Å². The fourth-order valence-electron chi connectivity index (χ4n) is 7.24. The molecule has 10 aromatic rings. The van der Waals surface area contributed by atoms with E-state index in [1.54, 1.807) is 0 Å². The van der Waals surface area contributed by atoms with E-state index in [1.165, 1.54) is 38.1 Å². The van der Waals surface area contributed by atoms with Crippen molar-refractivity contribution in [2.75, 3.05) is 0 Å². The predicted octanol–water partition coefficient (Wildman–Crippen LogP) is 9.23. The normalized spacial score (nSPS) is 12.2. The van der Waals surface area contributed by atoms with Gasteiger partial charge in [0.25, 0.3) is 0 Å². The molecule has 0 radical (unpaired) electrons. The lowest BCUT2D eigenvalue weighted by atomic mass is 10.0. The molecule has 0 saturated heterocycles. The van der Waals surface area contributed by atoms with Gasteiger partial charge in [0, 0.05) is 62.3 Å². The third-order valence-electron chi connectivity index (χ3n) is 8.92. The summed E-state index contributed by atoms with van der Waals surface area (Å²) in [5, 5.41) is 7.06. The zero-order chi connectivity index (χ0) is 28.1. The average Bonchev–Trinajstić information content (AvgIpc) is 3.78. The molecule has 0 aliphatic rings. The average molecular weight is 550 g/mol. The van der Waals surface area contributed by atoms with E-state index in [9.17, 15) is 0 Å². The molecule has 0 spiro atoms. The van der Waals surface area contributed by atoms with Gasteiger partial charge in [0.05, 0.1) is 33.1 Å². The number of nitrogens with zero attached hydrogens (tertiary/aromatic N) is 5.